The molecule has 13 heavy (non-hydrogen) atoms. The average Bonchev–Trinajstić information content (AvgIpc) is 2.06. The Kier molecular flexibility index (Phi) is 4.99. The molecule has 0 fully saturated rings. The lowest BCUT2D eigenvalue weighted by atomic mass is 9.89. The highest BCUT2D eigenvalue weighted by molar-refractivity contribution is 5.77. The van der Waals surface area contributed by atoms with Crippen LogP contribution in [-0.4, -0.2) is 16.6 Å². The molecule has 3 nitrogen and oxygen atoms in total. The summed E-state index contributed by atoms with van der Waals surface area (Å²) in [6.07, 6.45) is 3.68. The van der Waals surface area contributed by atoms with Crippen LogP contribution in [0.1, 0.15) is 46.5 Å². The molecule has 0 rings (SSSR count). The maximum Gasteiger partial charge on any atom is 0.323 e. The zero-order chi connectivity index (χ0) is 10.5. The summed E-state index contributed by atoms with van der Waals surface area (Å²) in [5, 5.41) is 8.77. The Morgan fingerprint density at radius 2 is 1.92 bits per heavy atom. The number of carbonyl (C=O) groups is 1. The molecule has 1 unspecified atom stereocenters. The van der Waals surface area contributed by atoms with E-state index in [2.05, 4.69) is 13.8 Å². The van der Waals surface area contributed by atoms with Crippen molar-refractivity contribution in [2.75, 3.05) is 0 Å². The van der Waals surface area contributed by atoms with Crippen LogP contribution in [-0.2, 0) is 4.79 Å². The number of carboxylic acid groups (broad SMARTS) is 1. The highest BCUT2D eigenvalue weighted by Crippen LogP contribution is 2.19. The maximum atomic E-state index is 10.7. The Bertz CT molecular complexity index is 162. The first-order valence-corrected chi connectivity index (χ1v) is 4.96. The fourth-order valence-electron chi connectivity index (χ4n) is 1.31. The highest BCUT2D eigenvalue weighted by Gasteiger charge is 2.27. The molecule has 0 amide bonds. The zero-order valence-corrected chi connectivity index (χ0v) is 8.84. The van der Waals surface area contributed by atoms with Crippen LogP contribution < -0.4 is 5.73 Å². The van der Waals surface area contributed by atoms with E-state index < -0.39 is 11.5 Å². The molecule has 0 aliphatic heterocycles. The molecule has 0 aliphatic rings. The van der Waals surface area contributed by atoms with Gasteiger partial charge >= 0.3 is 5.97 Å². The van der Waals surface area contributed by atoms with E-state index >= 15 is 0 Å². The Hall–Kier alpha value is -0.570. The van der Waals surface area contributed by atoms with Crippen LogP contribution in [0.15, 0.2) is 0 Å². The van der Waals surface area contributed by atoms with Crippen molar-refractivity contribution in [1.82, 2.24) is 0 Å². The largest absolute Gasteiger partial charge is 0.480 e. The lowest BCUT2D eigenvalue weighted by Crippen LogP contribution is -2.45. The van der Waals surface area contributed by atoms with Crippen molar-refractivity contribution in [3.63, 3.8) is 0 Å². The minimum Gasteiger partial charge on any atom is -0.480 e. The molecule has 3 heteroatoms. The lowest BCUT2D eigenvalue weighted by molar-refractivity contribution is -0.143. The van der Waals surface area contributed by atoms with E-state index in [9.17, 15) is 4.79 Å². The SMILES string of the molecule is CCC(CC)CCC(C)(N)C(=O)O. The van der Waals surface area contributed by atoms with E-state index in [0.717, 1.165) is 19.3 Å². The van der Waals surface area contributed by atoms with E-state index in [4.69, 9.17) is 10.8 Å². The molecular weight excluding hydrogens is 166 g/mol. The van der Waals surface area contributed by atoms with E-state index in [1.54, 1.807) is 6.92 Å². The van der Waals surface area contributed by atoms with Crippen molar-refractivity contribution < 1.29 is 9.90 Å². The topological polar surface area (TPSA) is 63.3 Å². The predicted molar refractivity (Wildman–Crippen MR) is 53.5 cm³/mol. The number of nitrogens with two attached hydrogens (primary N) is 1. The van der Waals surface area contributed by atoms with Gasteiger partial charge in [-0.05, 0) is 25.7 Å². The minimum absolute atomic E-state index is 0.564. The lowest BCUT2D eigenvalue weighted by Gasteiger charge is -2.21. The predicted octanol–water partition coefficient (Wildman–Crippen LogP) is 2.00. The van der Waals surface area contributed by atoms with E-state index in [0.29, 0.717) is 12.3 Å². The number of hydrogen-bond donors (Lipinski definition) is 2. The van der Waals surface area contributed by atoms with Crippen LogP contribution in [0.4, 0.5) is 0 Å². The molecule has 1 atom stereocenters. The molecule has 0 spiro atoms. The molecule has 0 saturated carbocycles. The van der Waals surface area contributed by atoms with Gasteiger partial charge in [-0.3, -0.25) is 4.79 Å². The molecular formula is C10H21NO2. The Morgan fingerprint density at radius 3 is 2.23 bits per heavy atom. The van der Waals surface area contributed by atoms with Gasteiger partial charge in [-0.2, -0.15) is 0 Å². The smallest absolute Gasteiger partial charge is 0.323 e. The molecule has 0 bridgehead atoms. The summed E-state index contributed by atoms with van der Waals surface area (Å²) in [5.41, 5.74) is 4.56. The zero-order valence-electron chi connectivity index (χ0n) is 8.84. The van der Waals surface area contributed by atoms with Gasteiger partial charge in [0.2, 0.25) is 0 Å². The summed E-state index contributed by atoms with van der Waals surface area (Å²) in [6, 6.07) is 0. The molecule has 0 heterocycles. The Morgan fingerprint density at radius 1 is 1.46 bits per heavy atom. The minimum atomic E-state index is -1.05. The first kappa shape index (κ1) is 12.4. The third-order valence-corrected chi connectivity index (χ3v) is 2.72. The molecule has 0 aliphatic carbocycles. The van der Waals surface area contributed by atoms with Gasteiger partial charge in [0.25, 0.3) is 0 Å². The van der Waals surface area contributed by atoms with Gasteiger partial charge in [-0.15, -0.1) is 0 Å². The van der Waals surface area contributed by atoms with Gasteiger partial charge in [-0.1, -0.05) is 26.7 Å². The first-order chi connectivity index (χ1) is 5.94. The van der Waals surface area contributed by atoms with E-state index in [-0.39, 0.29) is 0 Å². The van der Waals surface area contributed by atoms with Crippen molar-refractivity contribution >= 4 is 5.97 Å². The second kappa shape index (κ2) is 5.22. The van der Waals surface area contributed by atoms with Crippen LogP contribution in [0.3, 0.4) is 0 Å². The molecule has 0 aromatic heterocycles. The fourth-order valence-corrected chi connectivity index (χ4v) is 1.31. The van der Waals surface area contributed by atoms with E-state index in [1.165, 1.54) is 0 Å². The molecule has 3 N–H and O–H groups in total. The first-order valence-electron chi connectivity index (χ1n) is 4.96. The van der Waals surface area contributed by atoms with Crippen LogP contribution in [0.25, 0.3) is 0 Å². The molecule has 0 aromatic rings. The fraction of sp³-hybridized carbons (Fsp3) is 0.900. The highest BCUT2D eigenvalue weighted by atomic mass is 16.4. The molecule has 0 radical (unpaired) electrons. The average molecular weight is 187 g/mol. The quantitative estimate of drug-likeness (QED) is 0.668. The second-order valence-corrected chi connectivity index (χ2v) is 3.94. The third kappa shape index (κ3) is 4.27. The summed E-state index contributed by atoms with van der Waals surface area (Å²) in [5.74, 6) is -0.291. The number of rotatable bonds is 6. The molecule has 0 aromatic carbocycles. The summed E-state index contributed by atoms with van der Waals surface area (Å²) >= 11 is 0. The van der Waals surface area contributed by atoms with Crippen LogP contribution >= 0.6 is 0 Å². The molecule has 78 valence electrons. The second-order valence-electron chi connectivity index (χ2n) is 3.94. The van der Waals surface area contributed by atoms with Gasteiger partial charge in [0.05, 0.1) is 0 Å². The van der Waals surface area contributed by atoms with Gasteiger partial charge in [0.15, 0.2) is 0 Å². The van der Waals surface area contributed by atoms with Crippen LogP contribution in [0.2, 0.25) is 0 Å². The monoisotopic (exact) mass is 187 g/mol. The summed E-state index contributed by atoms with van der Waals surface area (Å²) < 4.78 is 0. The third-order valence-electron chi connectivity index (χ3n) is 2.72. The van der Waals surface area contributed by atoms with E-state index in [1.807, 2.05) is 0 Å². The van der Waals surface area contributed by atoms with Crippen molar-refractivity contribution in [3.8, 4) is 0 Å². The summed E-state index contributed by atoms with van der Waals surface area (Å²) in [7, 11) is 0. The van der Waals surface area contributed by atoms with Crippen molar-refractivity contribution in [3.05, 3.63) is 0 Å². The summed E-state index contributed by atoms with van der Waals surface area (Å²) in [6.45, 7) is 5.84. The number of aliphatic carboxylic acids is 1. The van der Waals surface area contributed by atoms with Gasteiger partial charge in [0, 0.05) is 0 Å². The standard InChI is InChI=1S/C10H21NO2/c1-4-8(5-2)6-7-10(3,11)9(12)13/h8H,4-7,11H2,1-3H3,(H,12,13). The van der Waals surface area contributed by atoms with Crippen LogP contribution in [0.5, 0.6) is 0 Å². The normalized spacial score (nSPS) is 15.8. The number of carboxylic acids is 1. The van der Waals surface area contributed by atoms with Crippen molar-refractivity contribution in [1.29, 1.82) is 0 Å². The van der Waals surface area contributed by atoms with Crippen molar-refractivity contribution in [2.24, 2.45) is 11.7 Å². The maximum absolute atomic E-state index is 10.7. The molecule has 0 saturated heterocycles. The van der Waals surface area contributed by atoms with Gasteiger partial charge in [0.1, 0.15) is 5.54 Å². The Labute approximate surface area is 80.3 Å². The van der Waals surface area contributed by atoms with Gasteiger partial charge in [-0.25, -0.2) is 0 Å². The summed E-state index contributed by atoms with van der Waals surface area (Å²) in [4.78, 5) is 10.7. The Balaban J connectivity index is 3.92. The van der Waals surface area contributed by atoms with Gasteiger partial charge < -0.3 is 10.8 Å². The van der Waals surface area contributed by atoms with Crippen LogP contribution in [0, 0.1) is 5.92 Å². The number of hydrogen-bond acceptors (Lipinski definition) is 2. The van der Waals surface area contributed by atoms with Crippen molar-refractivity contribution in [2.45, 2.75) is 52.0 Å².